The van der Waals surface area contributed by atoms with Crippen LogP contribution in [0.2, 0.25) is 0 Å². The molecule has 0 atom stereocenters. The van der Waals surface area contributed by atoms with E-state index in [0.717, 1.165) is 6.07 Å². The van der Waals surface area contributed by atoms with Crippen molar-refractivity contribution in [2.45, 2.75) is 19.5 Å². The second kappa shape index (κ2) is 5.77. The number of halogens is 3. The Morgan fingerprint density at radius 1 is 1.19 bits per heavy atom. The smallest absolute Gasteiger partial charge is 0.184 e. The van der Waals surface area contributed by atoms with Crippen molar-refractivity contribution in [3.05, 3.63) is 42.0 Å². The highest BCUT2D eigenvalue weighted by Gasteiger charge is 2.17. The maximum Gasteiger partial charge on any atom is 0.184 e. The van der Waals surface area contributed by atoms with Gasteiger partial charge in [0.05, 0.1) is 18.3 Å². The van der Waals surface area contributed by atoms with Crippen LogP contribution >= 0.6 is 11.6 Å². The highest BCUT2D eigenvalue weighted by Crippen LogP contribution is 2.22. The zero-order valence-electron chi connectivity index (χ0n) is 11.0. The molecule has 2 heterocycles. The molecule has 0 aliphatic rings. The summed E-state index contributed by atoms with van der Waals surface area (Å²) in [6.45, 7) is 0.892. The molecule has 0 radical (unpaired) electrons. The number of fused-ring (bicyclic) bond motifs is 1. The minimum atomic E-state index is -0.889. The van der Waals surface area contributed by atoms with Gasteiger partial charge in [-0.2, -0.15) is 0 Å². The number of imidazole rings is 1. The number of aromatic nitrogens is 5. The van der Waals surface area contributed by atoms with Gasteiger partial charge in [-0.3, -0.25) is 4.68 Å². The number of nitrogens with zero attached hydrogens (tertiary/aromatic N) is 5. The number of rotatable bonds is 5. The average molecular weight is 312 g/mol. The second-order valence-corrected chi connectivity index (χ2v) is 4.89. The van der Waals surface area contributed by atoms with E-state index < -0.39 is 11.6 Å². The van der Waals surface area contributed by atoms with Crippen molar-refractivity contribution in [3.8, 4) is 0 Å². The molecule has 0 unspecified atom stereocenters. The molecular weight excluding hydrogens is 300 g/mol. The zero-order chi connectivity index (χ0) is 14.8. The highest BCUT2D eigenvalue weighted by molar-refractivity contribution is 6.17. The van der Waals surface area contributed by atoms with Crippen molar-refractivity contribution in [1.29, 1.82) is 0 Å². The number of hydrogen-bond acceptors (Lipinski definition) is 3. The van der Waals surface area contributed by atoms with E-state index in [4.69, 9.17) is 11.6 Å². The van der Waals surface area contributed by atoms with Crippen molar-refractivity contribution < 1.29 is 8.78 Å². The molecule has 0 bridgehead atoms. The van der Waals surface area contributed by atoms with Crippen LogP contribution in [0.25, 0.3) is 11.0 Å². The standard InChI is InChI=1S/C13H12ClF2N5/c14-4-3-11-18-10-2-1-9(15)12(16)13(10)21(11)8-7-20-6-5-17-19-20/h1-2,5-6H,3-4,7-8H2. The van der Waals surface area contributed by atoms with Gasteiger partial charge in [-0.05, 0) is 12.1 Å². The molecule has 0 aliphatic heterocycles. The maximum atomic E-state index is 14.1. The highest BCUT2D eigenvalue weighted by atomic mass is 35.5. The zero-order valence-corrected chi connectivity index (χ0v) is 11.8. The summed E-state index contributed by atoms with van der Waals surface area (Å²) in [7, 11) is 0. The van der Waals surface area contributed by atoms with Crippen molar-refractivity contribution >= 4 is 22.6 Å². The molecule has 3 rings (SSSR count). The lowest BCUT2D eigenvalue weighted by atomic mass is 10.3. The van der Waals surface area contributed by atoms with Crippen LogP contribution in [0.1, 0.15) is 5.82 Å². The van der Waals surface area contributed by atoms with Gasteiger partial charge in [0, 0.05) is 25.0 Å². The summed E-state index contributed by atoms with van der Waals surface area (Å²) in [5.41, 5.74) is 0.586. The van der Waals surface area contributed by atoms with Gasteiger partial charge < -0.3 is 4.57 Å². The molecule has 5 nitrogen and oxygen atoms in total. The lowest BCUT2D eigenvalue weighted by molar-refractivity contribution is 0.493. The molecule has 110 valence electrons. The number of alkyl halides is 1. The molecule has 8 heteroatoms. The Hall–Kier alpha value is -2.02. The minimum Gasteiger partial charge on any atom is -0.324 e. The number of aryl methyl sites for hydroxylation is 3. The van der Waals surface area contributed by atoms with E-state index in [1.54, 1.807) is 21.6 Å². The summed E-state index contributed by atoms with van der Waals surface area (Å²) in [6, 6.07) is 2.55. The molecule has 0 spiro atoms. The van der Waals surface area contributed by atoms with Gasteiger partial charge >= 0.3 is 0 Å². The number of hydrogen-bond donors (Lipinski definition) is 0. The molecule has 0 aliphatic carbocycles. The summed E-state index contributed by atoms with van der Waals surface area (Å²) in [5, 5.41) is 7.56. The van der Waals surface area contributed by atoms with Gasteiger partial charge in [-0.1, -0.05) is 5.21 Å². The second-order valence-electron chi connectivity index (χ2n) is 4.51. The Kier molecular flexibility index (Phi) is 3.83. The summed E-state index contributed by atoms with van der Waals surface area (Å²) >= 11 is 5.76. The van der Waals surface area contributed by atoms with Crippen molar-refractivity contribution in [2.24, 2.45) is 0 Å². The first-order valence-corrected chi connectivity index (χ1v) is 6.97. The van der Waals surface area contributed by atoms with Gasteiger partial charge in [0.25, 0.3) is 0 Å². The van der Waals surface area contributed by atoms with Crippen molar-refractivity contribution in [1.82, 2.24) is 24.5 Å². The molecule has 0 N–H and O–H groups in total. The largest absolute Gasteiger partial charge is 0.324 e. The van der Waals surface area contributed by atoms with E-state index in [-0.39, 0.29) is 5.52 Å². The first-order valence-electron chi connectivity index (χ1n) is 6.44. The Bertz CT molecular complexity index is 754. The average Bonchev–Trinajstić information content (AvgIpc) is 3.09. The SMILES string of the molecule is Fc1ccc2nc(CCCl)n(CCn3ccnn3)c2c1F. The van der Waals surface area contributed by atoms with E-state index in [1.807, 2.05) is 0 Å². The van der Waals surface area contributed by atoms with Crippen LogP contribution in [0.5, 0.6) is 0 Å². The normalized spacial score (nSPS) is 11.4. The van der Waals surface area contributed by atoms with Crippen LogP contribution in [0.4, 0.5) is 8.78 Å². The maximum absolute atomic E-state index is 14.1. The monoisotopic (exact) mass is 311 g/mol. The van der Waals surface area contributed by atoms with E-state index in [9.17, 15) is 8.78 Å². The van der Waals surface area contributed by atoms with E-state index in [2.05, 4.69) is 15.3 Å². The fourth-order valence-electron chi connectivity index (χ4n) is 2.28. The number of benzene rings is 1. The summed E-state index contributed by atoms with van der Waals surface area (Å²) in [4.78, 5) is 4.33. The summed E-state index contributed by atoms with van der Waals surface area (Å²) in [5.74, 6) is -0.789. The van der Waals surface area contributed by atoms with Gasteiger partial charge in [-0.15, -0.1) is 16.7 Å². The predicted molar refractivity (Wildman–Crippen MR) is 74.1 cm³/mol. The molecule has 0 saturated heterocycles. The molecule has 3 aromatic rings. The lowest BCUT2D eigenvalue weighted by Crippen LogP contribution is -2.12. The van der Waals surface area contributed by atoms with Gasteiger partial charge in [0.15, 0.2) is 11.6 Å². The van der Waals surface area contributed by atoms with Crippen LogP contribution in [-0.4, -0.2) is 30.4 Å². The Morgan fingerprint density at radius 3 is 2.76 bits per heavy atom. The van der Waals surface area contributed by atoms with Crippen molar-refractivity contribution in [2.75, 3.05) is 5.88 Å². The third kappa shape index (κ3) is 2.61. The fourth-order valence-corrected chi connectivity index (χ4v) is 2.44. The van der Waals surface area contributed by atoms with Crippen LogP contribution in [-0.2, 0) is 19.5 Å². The third-order valence-electron chi connectivity index (χ3n) is 3.22. The Morgan fingerprint density at radius 2 is 2.05 bits per heavy atom. The quantitative estimate of drug-likeness (QED) is 0.680. The molecule has 0 saturated carbocycles. The van der Waals surface area contributed by atoms with E-state index >= 15 is 0 Å². The van der Waals surface area contributed by atoms with E-state index in [0.29, 0.717) is 36.7 Å². The van der Waals surface area contributed by atoms with Crippen LogP contribution in [0, 0.1) is 11.6 Å². The van der Waals surface area contributed by atoms with Crippen LogP contribution < -0.4 is 0 Å². The summed E-state index contributed by atoms with van der Waals surface area (Å²) in [6.07, 6.45) is 3.75. The van der Waals surface area contributed by atoms with Gasteiger partial charge in [0.1, 0.15) is 11.3 Å². The lowest BCUT2D eigenvalue weighted by Gasteiger charge is -2.09. The Labute approximate surface area is 124 Å². The third-order valence-corrected chi connectivity index (χ3v) is 3.41. The molecule has 21 heavy (non-hydrogen) atoms. The van der Waals surface area contributed by atoms with Gasteiger partial charge in [-0.25, -0.2) is 13.8 Å². The van der Waals surface area contributed by atoms with Crippen LogP contribution in [0.15, 0.2) is 24.5 Å². The van der Waals surface area contributed by atoms with Crippen molar-refractivity contribution in [3.63, 3.8) is 0 Å². The first kappa shape index (κ1) is 13.9. The summed E-state index contributed by atoms with van der Waals surface area (Å²) < 4.78 is 30.8. The molecular formula is C13H12ClF2N5. The van der Waals surface area contributed by atoms with Crippen LogP contribution in [0.3, 0.4) is 0 Å². The molecule has 1 aromatic carbocycles. The Balaban J connectivity index is 2.04. The first-order chi connectivity index (χ1) is 10.2. The molecule has 0 fully saturated rings. The predicted octanol–water partition coefficient (Wildman–Crippen LogP) is 2.39. The molecule has 2 aromatic heterocycles. The topological polar surface area (TPSA) is 48.5 Å². The molecule has 0 amide bonds. The van der Waals surface area contributed by atoms with Gasteiger partial charge in [0.2, 0.25) is 0 Å². The minimum absolute atomic E-state index is 0.162. The van der Waals surface area contributed by atoms with E-state index in [1.165, 1.54) is 6.07 Å². The fraction of sp³-hybridized carbons (Fsp3) is 0.308.